The van der Waals surface area contributed by atoms with Crippen LogP contribution in [-0.2, 0) is 6.54 Å². The van der Waals surface area contributed by atoms with Crippen LogP contribution in [0.1, 0.15) is 5.76 Å². The first kappa shape index (κ1) is 15.6. The Hall–Kier alpha value is -1.33. The maximum Gasteiger partial charge on any atom is 0.134 e. The third-order valence-electron chi connectivity index (χ3n) is 3.88. The summed E-state index contributed by atoms with van der Waals surface area (Å²) in [6.07, 6.45) is 0. The van der Waals surface area contributed by atoms with Crippen LogP contribution in [0.2, 0.25) is 5.02 Å². The minimum absolute atomic E-state index is 0.726. The van der Waals surface area contributed by atoms with Gasteiger partial charge in [0.15, 0.2) is 0 Å². The molecule has 1 aliphatic rings. The van der Waals surface area contributed by atoms with Crippen molar-refractivity contribution in [3.63, 3.8) is 0 Å². The highest BCUT2D eigenvalue weighted by Crippen LogP contribution is 2.24. The van der Waals surface area contributed by atoms with Gasteiger partial charge in [-0.15, -0.1) is 0 Å². The molecule has 5 heteroatoms. The average Bonchev–Trinajstić information content (AvgIpc) is 3.02. The van der Waals surface area contributed by atoms with Crippen molar-refractivity contribution < 1.29 is 4.42 Å². The van der Waals surface area contributed by atoms with Crippen LogP contribution in [0.15, 0.2) is 40.8 Å². The fraction of sp³-hybridized carbons (Fsp3) is 0.412. The number of nitrogens with zero attached hydrogens (tertiary/aromatic N) is 1. The van der Waals surface area contributed by atoms with Gasteiger partial charge < -0.3 is 15.1 Å². The van der Waals surface area contributed by atoms with Gasteiger partial charge >= 0.3 is 0 Å². The molecule has 1 aliphatic heterocycles. The average molecular weight is 320 g/mol. The Morgan fingerprint density at radius 3 is 2.86 bits per heavy atom. The van der Waals surface area contributed by atoms with Crippen molar-refractivity contribution >= 4 is 11.6 Å². The molecule has 1 fully saturated rings. The molecule has 0 unspecified atom stereocenters. The van der Waals surface area contributed by atoms with Crippen LogP contribution in [0.5, 0.6) is 0 Å². The van der Waals surface area contributed by atoms with E-state index in [9.17, 15) is 0 Å². The first-order valence-corrected chi connectivity index (χ1v) is 8.17. The fourth-order valence-corrected chi connectivity index (χ4v) is 2.84. The van der Waals surface area contributed by atoms with Crippen molar-refractivity contribution in [3.8, 4) is 11.3 Å². The number of piperazine rings is 1. The number of halogens is 1. The van der Waals surface area contributed by atoms with Crippen molar-refractivity contribution in [1.29, 1.82) is 0 Å². The summed E-state index contributed by atoms with van der Waals surface area (Å²) < 4.78 is 5.87. The van der Waals surface area contributed by atoms with Crippen molar-refractivity contribution in [2.45, 2.75) is 6.54 Å². The zero-order valence-corrected chi connectivity index (χ0v) is 13.4. The van der Waals surface area contributed by atoms with Gasteiger partial charge in [0, 0.05) is 49.9 Å². The zero-order valence-electron chi connectivity index (χ0n) is 12.6. The molecule has 4 nitrogen and oxygen atoms in total. The molecule has 0 aliphatic carbocycles. The third-order valence-corrected chi connectivity index (χ3v) is 4.12. The Morgan fingerprint density at radius 1 is 1.18 bits per heavy atom. The molecule has 0 bridgehead atoms. The topological polar surface area (TPSA) is 40.4 Å². The Bertz CT molecular complexity index is 593. The van der Waals surface area contributed by atoms with Gasteiger partial charge in [-0.05, 0) is 24.3 Å². The molecule has 2 aromatic rings. The molecule has 1 aromatic carbocycles. The summed E-state index contributed by atoms with van der Waals surface area (Å²) in [5, 5.41) is 7.54. The van der Waals surface area contributed by atoms with E-state index in [1.54, 1.807) is 0 Å². The van der Waals surface area contributed by atoms with E-state index in [-0.39, 0.29) is 0 Å². The lowest BCUT2D eigenvalue weighted by Crippen LogP contribution is -2.45. The largest absolute Gasteiger partial charge is 0.460 e. The quantitative estimate of drug-likeness (QED) is 0.803. The van der Waals surface area contributed by atoms with Crippen LogP contribution in [0.25, 0.3) is 11.3 Å². The summed E-state index contributed by atoms with van der Waals surface area (Å²) in [6.45, 7) is 7.30. The summed E-state index contributed by atoms with van der Waals surface area (Å²) >= 11 is 6.01. The number of hydrogen-bond acceptors (Lipinski definition) is 4. The predicted molar refractivity (Wildman–Crippen MR) is 90.2 cm³/mol. The van der Waals surface area contributed by atoms with Crippen molar-refractivity contribution in [2.75, 3.05) is 39.3 Å². The summed E-state index contributed by atoms with van der Waals surface area (Å²) in [5.74, 6) is 1.82. The molecule has 0 radical (unpaired) electrons. The molecular weight excluding hydrogens is 298 g/mol. The molecule has 2 N–H and O–H groups in total. The third kappa shape index (κ3) is 4.34. The molecule has 0 saturated carbocycles. The van der Waals surface area contributed by atoms with Crippen LogP contribution in [0, 0.1) is 0 Å². The molecule has 2 heterocycles. The van der Waals surface area contributed by atoms with Crippen LogP contribution < -0.4 is 10.6 Å². The maximum atomic E-state index is 6.01. The molecule has 22 heavy (non-hydrogen) atoms. The summed E-state index contributed by atoms with van der Waals surface area (Å²) in [5.41, 5.74) is 1.01. The highest BCUT2D eigenvalue weighted by molar-refractivity contribution is 6.30. The molecule has 0 spiro atoms. The highest BCUT2D eigenvalue weighted by Gasteiger charge is 2.09. The zero-order chi connectivity index (χ0) is 15.2. The first-order valence-electron chi connectivity index (χ1n) is 7.80. The molecule has 0 amide bonds. The number of furan rings is 1. The van der Waals surface area contributed by atoms with E-state index >= 15 is 0 Å². The smallest absolute Gasteiger partial charge is 0.134 e. The van der Waals surface area contributed by atoms with Crippen molar-refractivity contribution in [3.05, 3.63) is 47.2 Å². The lowest BCUT2D eigenvalue weighted by atomic mass is 10.2. The Labute approximate surface area is 136 Å². The minimum atomic E-state index is 0.726. The van der Waals surface area contributed by atoms with Gasteiger partial charge in [-0.2, -0.15) is 0 Å². The second-order valence-corrected chi connectivity index (χ2v) is 5.98. The molecule has 0 atom stereocenters. The van der Waals surface area contributed by atoms with E-state index in [0.717, 1.165) is 67.9 Å². The van der Waals surface area contributed by atoms with Crippen LogP contribution in [0.3, 0.4) is 0 Å². The lowest BCUT2D eigenvalue weighted by Gasteiger charge is -2.27. The van der Waals surface area contributed by atoms with Gasteiger partial charge in [0.05, 0.1) is 6.54 Å². The minimum Gasteiger partial charge on any atom is -0.460 e. The summed E-state index contributed by atoms with van der Waals surface area (Å²) in [7, 11) is 0. The molecule has 118 valence electrons. The second kappa shape index (κ2) is 7.79. The van der Waals surface area contributed by atoms with Crippen LogP contribution in [0.4, 0.5) is 0 Å². The lowest BCUT2D eigenvalue weighted by molar-refractivity contribution is 0.240. The van der Waals surface area contributed by atoms with Crippen LogP contribution >= 0.6 is 11.6 Å². The van der Waals surface area contributed by atoms with Crippen molar-refractivity contribution in [2.24, 2.45) is 0 Å². The predicted octanol–water partition coefficient (Wildman–Crippen LogP) is 2.59. The highest BCUT2D eigenvalue weighted by atomic mass is 35.5. The maximum absolute atomic E-state index is 6.01. The second-order valence-electron chi connectivity index (χ2n) is 5.54. The number of rotatable bonds is 6. The Morgan fingerprint density at radius 2 is 2.05 bits per heavy atom. The SMILES string of the molecule is Clc1cccc(-c2ccc(CNCCN3CCNCC3)o2)c1. The molecule has 3 rings (SSSR count). The van der Waals surface area contributed by atoms with E-state index in [0.29, 0.717) is 0 Å². The fourth-order valence-electron chi connectivity index (χ4n) is 2.65. The van der Waals surface area contributed by atoms with Gasteiger partial charge in [0.2, 0.25) is 0 Å². The van der Waals surface area contributed by atoms with Gasteiger partial charge in [0.1, 0.15) is 11.5 Å². The summed E-state index contributed by atoms with van der Waals surface area (Å²) in [4.78, 5) is 2.48. The Balaban J connectivity index is 1.45. The molecular formula is C17H22ClN3O. The van der Waals surface area contributed by atoms with Crippen LogP contribution in [-0.4, -0.2) is 44.2 Å². The standard InChI is InChI=1S/C17H22ClN3O/c18-15-3-1-2-14(12-15)17-5-4-16(22-17)13-20-8-11-21-9-6-19-7-10-21/h1-5,12,19-20H,6-11,13H2. The van der Waals surface area contributed by atoms with E-state index in [4.69, 9.17) is 16.0 Å². The first-order chi connectivity index (χ1) is 10.8. The van der Waals surface area contributed by atoms with Gasteiger partial charge in [-0.3, -0.25) is 4.90 Å². The van der Waals surface area contributed by atoms with E-state index in [1.165, 1.54) is 0 Å². The number of nitrogens with one attached hydrogen (secondary N) is 2. The van der Waals surface area contributed by atoms with Crippen molar-refractivity contribution in [1.82, 2.24) is 15.5 Å². The van der Waals surface area contributed by atoms with E-state index < -0.39 is 0 Å². The van der Waals surface area contributed by atoms with Gasteiger partial charge in [-0.1, -0.05) is 23.7 Å². The van der Waals surface area contributed by atoms with Gasteiger partial charge in [0.25, 0.3) is 0 Å². The normalized spacial score (nSPS) is 16.0. The number of hydrogen-bond donors (Lipinski definition) is 2. The number of benzene rings is 1. The van der Waals surface area contributed by atoms with E-state index in [1.807, 2.05) is 36.4 Å². The molecule has 1 saturated heterocycles. The monoisotopic (exact) mass is 319 g/mol. The Kier molecular flexibility index (Phi) is 5.51. The van der Waals surface area contributed by atoms with Gasteiger partial charge in [-0.25, -0.2) is 0 Å². The summed E-state index contributed by atoms with van der Waals surface area (Å²) in [6, 6.07) is 11.7. The van der Waals surface area contributed by atoms with E-state index in [2.05, 4.69) is 15.5 Å². The molecule has 1 aromatic heterocycles.